The molecule has 0 aromatic rings. The van der Waals surface area contributed by atoms with Crippen LogP contribution in [0.3, 0.4) is 0 Å². The van der Waals surface area contributed by atoms with E-state index in [9.17, 15) is 14.4 Å². The first-order valence-corrected chi connectivity index (χ1v) is 6.78. The summed E-state index contributed by atoms with van der Waals surface area (Å²) in [6.07, 6.45) is 2.86. The van der Waals surface area contributed by atoms with Crippen LogP contribution < -0.4 is 11.1 Å². The third kappa shape index (κ3) is 9.18. The molecule has 1 unspecified atom stereocenters. The van der Waals surface area contributed by atoms with Crippen LogP contribution in [0, 0.1) is 5.92 Å². The molecule has 20 heavy (non-hydrogen) atoms. The third-order valence-electron chi connectivity index (χ3n) is 2.75. The molecule has 0 saturated carbocycles. The van der Waals surface area contributed by atoms with Crippen LogP contribution in [0.5, 0.6) is 0 Å². The molecule has 0 saturated heterocycles. The molecule has 0 aromatic carbocycles. The second kappa shape index (κ2) is 9.17. The maximum atomic E-state index is 11.9. The van der Waals surface area contributed by atoms with Crippen molar-refractivity contribution in [2.45, 2.75) is 46.1 Å². The molecule has 7 nitrogen and oxygen atoms in total. The van der Waals surface area contributed by atoms with Gasteiger partial charge in [0.15, 0.2) is 0 Å². The van der Waals surface area contributed by atoms with Crippen LogP contribution in [0.25, 0.3) is 0 Å². The van der Waals surface area contributed by atoms with E-state index in [2.05, 4.69) is 19.2 Å². The number of hydrogen-bond donors (Lipinski definition) is 3. The van der Waals surface area contributed by atoms with Crippen molar-refractivity contribution >= 4 is 17.9 Å². The fourth-order valence-corrected chi connectivity index (χ4v) is 1.76. The Morgan fingerprint density at radius 3 is 2.20 bits per heavy atom. The smallest absolute Gasteiger partial charge is 0.323 e. The Labute approximate surface area is 119 Å². The number of nitrogens with zero attached hydrogens (tertiary/aromatic N) is 1. The summed E-state index contributed by atoms with van der Waals surface area (Å²) in [5, 5.41) is 11.4. The Bertz CT molecular complexity index is 329. The van der Waals surface area contributed by atoms with E-state index in [1.165, 1.54) is 0 Å². The summed E-state index contributed by atoms with van der Waals surface area (Å²) in [6, 6.07) is -0.659. The van der Waals surface area contributed by atoms with E-state index in [0.29, 0.717) is 5.92 Å². The molecule has 0 aliphatic rings. The standard InChI is InChI=1S/C13H25N3O4/c1-9(2)5-4-6-10(3)15-13(20)16(7-11(14)17)8-12(18)19/h9-10H,4-8H2,1-3H3,(H2,14,17)(H,15,20)(H,18,19). The second-order valence-electron chi connectivity index (χ2n) is 5.39. The number of primary amides is 1. The van der Waals surface area contributed by atoms with E-state index < -0.39 is 31.0 Å². The molecule has 0 bridgehead atoms. The highest BCUT2D eigenvalue weighted by Crippen LogP contribution is 2.08. The summed E-state index contributed by atoms with van der Waals surface area (Å²) in [5.74, 6) is -1.32. The van der Waals surface area contributed by atoms with Gasteiger partial charge in [-0.2, -0.15) is 0 Å². The largest absolute Gasteiger partial charge is 0.480 e. The van der Waals surface area contributed by atoms with E-state index in [1.807, 2.05) is 6.92 Å². The number of carbonyl (C=O) groups excluding carboxylic acids is 2. The Morgan fingerprint density at radius 2 is 1.75 bits per heavy atom. The number of aliphatic carboxylic acids is 1. The van der Waals surface area contributed by atoms with Crippen molar-refractivity contribution in [3.05, 3.63) is 0 Å². The average molecular weight is 287 g/mol. The Balaban J connectivity index is 4.28. The van der Waals surface area contributed by atoms with Gasteiger partial charge in [0.1, 0.15) is 13.1 Å². The van der Waals surface area contributed by atoms with Gasteiger partial charge in [0.25, 0.3) is 0 Å². The molecule has 1 atom stereocenters. The fraction of sp³-hybridized carbons (Fsp3) is 0.769. The average Bonchev–Trinajstić information content (AvgIpc) is 2.25. The Morgan fingerprint density at radius 1 is 1.15 bits per heavy atom. The fourth-order valence-electron chi connectivity index (χ4n) is 1.76. The van der Waals surface area contributed by atoms with Gasteiger partial charge < -0.3 is 21.1 Å². The van der Waals surface area contributed by atoms with Crippen molar-refractivity contribution in [1.82, 2.24) is 10.2 Å². The SMILES string of the molecule is CC(C)CCCC(C)NC(=O)N(CC(N)=O)CC(=O)O. The van der Waals surface area contributed by atoms with Crippen LogP contribution in [0.1, 0.15) is 40.0 Å². The molecule has 0 aliphatic carbocycles. The molecule has 0 fully saturated rings. The molecule has 0 aliphatic heterocycles. The summed E-state index contributed by atoms with van der Waals surface area (Å²) in [6.45, 7) is 5.15. The quantitative estimate of drug-likeness (QED) is 0.581. The maximum Gasteiger partial charge on any atom is 0.323 e. The molecular formula is C13H25N3O4. The van der Waals surface area contributed by atoms with Gasteiger partial charge in [-0.1, -0.05) is 26.7 Å². The Hall–Kier alpha value is -1.79. The number of nitrogens with one attached hydrogen (secondary N) is 1. The lowest BCUT2D eigenvalue weighted by atomic mass is 10.0. The summed E-state index contributed by atoms with van der Waals surface area (Å²) in [7, 11) is 0. The third-order valence-corrected chi connectivity index (χ3v) is 2.75. The van der Waals surface area contributed by atoms with Gasteiger partial charge in [-0.05, 0) is 19.3 Å². The second-order valence-corrected chi connectivity index (χ2v) is 5.39. The number of carboxylic acids is 1. The molecule has 0 aromatic heterocycles. The zero-order valence-corrected chi connectivity index (χ0v) is 12.4. The first-order valence-electron chi connectivity index (χ1n) is 6.78. The van der Waals surface area contributed by atoms with Gasteiger partial charge in [-0.25, -0.2) is 4.79 Å². The lowest BCUT2D eigenvalue weighted by molar-refractivity contribution is -0.137. The topological polar surface area (TPSA) is 113 Å². The van der Waals surface area contributed by atoms with Crippen LogP contribution >= 0.6 is 0 Å². The number of carbonyl (C=O) groups is 3. The molecule has 0 radical (unpaired) electrons. The first-order chi connectivity index (χ1) is 9.22. The van der Waals surface area contributed by atoms with E-state index in [1.54, 1.807) is 0 Å². The highest BCUT2D eigenvalue weighted by atomic mass is 16.4. The minimum Gasteiger partial charge on any atom is -0.480 e. The highest BCUT2D eigenvalue weighted by molar-refractivity contribution is 5.86. The summed E-state index contributed by atoms with van der Waals surface area (Å²) >= 11 is 0. The maximum absolute atomic E-state index is 11.9. The van der Waals surface area contributed by atoms with Gasteiger partial charge in [0.05, 0.1) is 0 Å². The normalized spacial score (nSPS) is 12.0. The highest BCUT2D eigenvalue weighted by Gasteiger charge is 2.20. The van der Waals surface area contributed by atoms with Crippen LogP contribution in [-0.4, -0.2) is 47.0 Å². The van der Waals surface area contributed by atoms with Crippen LogP contribution in [-0.2, 0) is 9.59 Å². The molecular weight excluding hydrogens is 262 g/mol. The van der Waals surface area contributed by atoms with Crippen molar-refractivity contribution in [1.29, 1.82) is 0 Å². The molecule has 3 amide bonds. The van der Waals surface area contributed by atoms with Gasteiger partial charge in [0.2, 0.25) is 5.91 Å². The Kier molecular flexibility index (Phi) is 8.35. The summed E-state index contributed by atoms with van der Waals surface area (Å²) in [4.78, 5) is 34.2. The van der Waals surface area contributed by atoms with Crippen molar-refractivity contribution in [3.63, 3.8) is 0 Å². The lowest BCUT2D eigenvalue weighted by Gasteiger charge is -2.22. The number of urea groups is 1. The van der Waals surface area contributed by atoms with Crippen molar-refractivity contribution in [3.8, 4) is 0 Å². The summed E-state index contributed by atoms with van der Waals surface area (Å²) < 4.78 is 0. The number of rotatable bonds is 9. The van der Waals surface area contributed by atoms with Gasteiger partial charge >= 0.3 is 12.0 Å². The predicted octanol–water partition coefficient (Wildman–Crippen LogP) is 0.783. The molecule has 0 heterocycles. The van der Waals surface area contributed by atoms with Crippen molar-refractivity contribution in [2.24, 2.45) is 11.7 Å². The minimum absolute atomic E-state index is 0.0783. The molecule has 116 valence electrons. The van der Waals surface area contributed by atoms with Crippen LogP contribution in [0.2, 0.25) is 0 Å². The predicted molar refractivity (Wildman–Crippen MR) is 75.1 cm³/mol. The number of hydrogen-bond acceptors (Lipinski definition) is 3. The van der Waals surface area contributed by atoms with Crippen molar-refractivity contribution < 1.29 is 19.5 Å². The van der Waals surface area contributed by atoms with E-state index in [-0.39, 0.29) is 6.04 Å². The zero-order valence-electron chi connectivity index (χ0n) is 12.4. The first kappa shape index (κ1) is 18.2. The van der Waals surface area contributed by atoms with E-state index >= 15 is 0 Å². The summed E-state index contributed by atoms with van der Waals surface area (Å²) in [5.41, 5.74) is 5.00. The number of carboxylic acid groups (broad SMARTS) is 1. The molecule has 7 heteroatoms. The number of amides is 3. The van der Waals surface area contributed by atoms with E-state index in [0.717, 1.165) is 24.2 Å². The van der Waals surface area contributed by atoms with Crippen molar-refractivity contribution in [2.75, 3.05) is 13.1 Å². The molecule has 0 rings (SSSR count). The lowest BCUT2D eigenvalue weighted by Crippen LogP contribution is -2.48. The van der Waals surface area contributed by atoms with Gasteiger partial charge in [-0.3, -0.25) is 9.59 Å². The molecule has 4 N–H and O–H groups in total. The zero-order chi connectivity index (χ0) is 15.7. The van der Waals surface area contributed by atoms with Gasteiger partial charge in [-0.15, -0.1) is 0 Å². The van der Waals surface area contributed by atoms with E-state index in [4.69, 9.17) is 10.8 Å². The monoisotopic (exact) mass is 287 g/mol. The number of nitrogens with two attached hydrogens (primary N) is 1. The van der Waals surface area contributed by atoms with Crippen LogP contribution in [0.4, 0.5) is 4.79 Å². The van der Waals surface area contributed by atoms with Gasteiger partial charge in [0, 0.05) is 6.04 Å². The molecule has 0 spiro atoms. The van der Waals surface area contributed by atoms with Crippen LogP contribution in [0.15, 0.2) is 0 Å². The minimum atomic E-state index is -1.19.